The Bertz CT molecular complexity index is 563. The van der Waals surface area contributed by atoms with E-state index in [0.717, 1.165) is 0 Å². The summed E-state index contributed by atoms with van der Waals surface area (Å²) in [7, 11) is -3.64. The molecule has 2 N–H and O–H groups in total. The van der Waals surface area contributed by atoms with E-state index in [4.69, 9.17) is 5.11 Å². The van der Waals surface area contributed by atoms with E-state index in [1.54, 1.807) is 18.5 Å². The van der Waals surface area contributed by atoms with Gasteiger partial charge in [-0.2, -0.15) is 5.10 Å². The van der Waals surface area contributed by atoms with Gasteiger partial charge in [0.2, 0.25) is 10.0 Å². The van der Waals surface area contributed by atoms with Crippen LogP contribution in [0.3, 0.4) is 0 Å². The van der Waals surface area contributed by atoms with Crippen LogP contribution in [0.15, 0.2) is 4.90 Å². The molecule has 0 saturated carbocycles. The van der Waals surface area contributed by atoms with Gasteiger partial charge in [0.1, 0.15) is 4.90 Å². The maximum absolute atomic E-state index is 12.1. The fourth-order valence-corrected chi connectivity index (χ4v) is 3.38. The summed E-state index contributed by atoms with van der Waals surface area (Å²) in [5.41, 5.74) is 1.04. The fourth-order valence-electron chi connectivity index (χ4n) is 1.90. The zero-order valence-corrected chi connectivity index (χ0v) is 12.1. The highest BCUT2D eigenvalue weighted by molar-refractivity contribution is 7.89. The van der Waals surface area contributed by atoms with Crippen molar-refractivity contribution in [1.82, 2.24) is 14.5 Å². The average Bonchev–Trinajstić information content (AvgIpc) is 2.60. The molecule has 0 amide bonds. The number of carbonyl (C=O) groups is 1. The van der Waals surface area contributed by atoms with Gasteiger partial charge < -0.3 is 5.11 Å². The predicted molar refractivity (Wildman–Crippen MR) is 69.4 cm³/mol. The normalized spacial score (nSPS) is 11.7. The van der Waals surface area contributed by atoms with E-state index < -0.39 is 16.0 Å². The maximum atomic E-state index is 12.1. The molecule has 1 aromatic rings. The topological polar surface area (TPSA) is 101 Å². The number of nitrogens with one attached hydrogen (secondary N) is 1. The van der Waals surface area contributed by atoms with Crippen molar-refractivity contribution in [3.05, 3.63) is 11.4 Å². The van der Waals surface area contributed by atoms with Crippen LogP contribution in [0.25, 0.3) is 0 Å². The number of carboxylic acid groups (broad SMARTS) is 1. The molecule has 0 spiro atoms. The van der Waals surface area contributed by atoms with Crippen LogP contribution >= 0.6 is 0 Å². The van der Waals surface area contributed by atoms with Gasteiger partial charge >= 0.3 is 5.97 Å². The number of rotatable bonds is 7. The molecular formula is C11H19N3O4S. The first-order chi connectivity index (χ1) is 8.79. The van der Waals surface area contributed by atoms with Gasteiger partial charge in [-0.1, -0.05) is 0 Å². The minimum Gasteiger partial charge on any atom is -0.481 e. The molecule has 0 saturated heterocycles. The summed E-state index contributed by atoms with van der Waals surface area (Å²) >= 11 is 0. The number of nitrogens with zero attached hydrogens (tertiary/aromatic N) is 2. The van der Waals surface area contributed by atoms with E-state index in [0.29, 0.717) is 17.9 Å². The molecule has 0 aliphatic rings. The first-order valence-corrected chi connectivity index (χ1v) is 7.53. The highest BCUT2D eigenvalue weighted by Gasteiger charge is 2.23. The van der Waals surface area contributed by atoms with Crippen molar-refractivity contribution in [3.8, 4) is 0 Å². The Hall–Kier alpha value is -1.41. The number of hydrogen-bond acceptors (Lipinski definition) is 4. The molecule has 0 radical (unpaired) electrons. The van der Waals surface area contributed by atoms with Crippen LogP contribution in [-0.2, 0) is 21.4 Å². The monoisotopic (exact) mass is 289 g/mol. The van der Waals surface area contributed by atoms with Gasteiger partial charge in [0.25, 0.3) is 0 Å². The standard InChI is InChI=1S/C11H19N3O4S/c1-4-14-9(3)11(8(2)13-14)19(17,18)12-7-5-6-10(15)16/h12H,4-7H2,1-3H3,(H,15,16). The van der Waals surface area contributed by atoms with Crippen LogP contribution in [-0.4, -0.2) is 35.8 Å². The third-order valence-electron chi connectivity index (χ3n) is 2.74. The quantitative estimate of drug-likeness (QED) is 0.718. The summed E-state index contributed by atoms with van der Waals surface area (Å²) in [4.78, 5) is 10.5. The highest BCUT2D eigenvalue weighted by atomic mass is 32.2. The van der Waals surface area contributed by atoms with Gasteiger partial charge in [-0.3, -0.25) is 9.48 Å². The van der Waals surface area contributed by atoms with Crippen LogP contribution in [0.5, 0.6) is 0 Å². The largest absolute Gasteiger partial charge is 0.481 e. The highest BCUT2D eigenvalue weighted by Crippen LogP contribution is 2.18. The second-order valence-electron chi connectivity index (χ2n) is 4.21. The Morgan fingerprint density at radius 3 is 2.53 bits per heavy atom. The molecule has 1 aromatic heterocycles. The van der Waals surface area contributed by atoms with Crippen molar-refractivity contribution in [2.24, 2.45) is 0 Å². The lowest BCUT2D eigenvalue weighted by Gasteiger charge is -2.06. The molecule has 19 heavy (non-hydrogen) atoms. The molecule has 8 heteroatoms. The van der Waals surface area contributed by atoms with E-state index in [1.165, 1.54) is 0 Å². The lowest BCUT2D eigenvalue weighted by molar-refractivity contribution is -0.137. The van der Waals surface area contributed by atoms with Crippen molar-refractivity contribution < 1.29 is 18.3 Å². The third kappa shape index (κ3) is 3.77. The summed E-state index contributed by atoms with van der Waals surface area (Å²) in [5, 5.41) is 12.6. The maximum Gasteiger partial charge on any atom is 0.303 e. The fraction of sp³-hybridized carbons (Fsp3) is 0.636. The van der Waals surface area contributed by atoms with Crippen molar-refractivity contribution in [2.75, 3.05) is 6.54 Å². The Balaban J connectivity index is 2.83. The zero-order valence-electron chi connectivity index (χ0n) is 11.3. The van der Waals surface area contributed by atoms with Gasteiger partial charge in [-0.05, 0) is 27.2 Å². The van der Waals surface area contributed by atoms with Gasteiger partial charge in [-0.25, -0.2) is 13.1 Å². The molecule has 0 bridgehead atoms. The van der Waals surface area contributed by atoms with Crippen molar-refractivity contribution in [2.45, 2.75) is 45.1 Å². The second-order valence-corrected chi connectivity index (χ2v) is 5.91. The minimum atomic E-state index is -3.64. The number of carboxylic acids is 1. The van der Waals surface area contributed by atoms with Crippen LogP contribution in [0.4, 0.5) is 0 Å². The van der Waals surface area contributed by atoms with Crippen LogP contribution in [0.2, 0.25) is 0 Å². The molecule has 0 fully saturated rings. The van der Waals surface area contributed by atoms with E-state index in [2.05, 4.69) is 9.82 Å². The SMILES string of the molecule is CCn1nc(C)c(S(=O)(=O)NCCCC(=O)O)c1C. The Morgan fingerprint density at radius 2 is 2.05 bits per heavy atom. The molecule has 0 unspecified atom stereocenters. The Kier molecular flexibility index (Phi) is 5.07. The number of aryl methyl sites for hydroxylation is 2. The van der Waals surface area contributed by atoms with E-state index in [9.17, 15) is 13.2 Å². The Labute approximate surface area is 112 Å². The summed E-state index contributed by atoms with van der Waals surface area (Å²) in [5.74, 6) is -0.939. The molecule has 1 heterocycles. The lowest BCUT2D eigenvalue weighted by atomic mass is 10.3. The molecule has 108 valence electrons. The minimum absolute atomic E-state index is 0.0608. The van der Waals surface area contributed by atoms with E-state index in [1.807, 2.05) is 6.92 Å². The second kappa shape index (κ2) is 6.16. The van der Waals surface area contributed by atoms with Gasteiger partial charge in [0.15, 0.2) is 0 Å². The number of aromatic nitrogens is 2. The van der Waals surface area contributed by atoms with Gasteiger partial charge in [0.05, 0.1) is 11.4 Å². The molecule has 0 atom stereocenters. The molecular weight excluding hydrogens is 270 g/mol. The number of hydrogen-bond donors (Lipinski definition) is 2. The average molecular weight is 289 g/mol. The summed E-state index contributed by atoms with van der Waals surface area (Å²) in [6.45, 7) is 5.93. The predicted octanol–water partition coefficient (Wildman–Crippen LogP) is 0.663. The molecule has 0 aromatic carbocycles. The lowest BCUT2D eigenvalue weighted by Crippen LogP contribution is -2.26. The number of aliphatic carboxylic acids is 1. The summed E-state index contributed by atoms with van der Waals surface area (Å²) < 4.78 is 28.3. The van der Waals surface area contributed by atoms with E-state index >= 15 is 0 Å². The first kappa shape index (κ1) is 15.6. The van der Waals surface area contributed by atoms with Crippen molar-refractivity contribution in [3.63, 3.8) is 0 Å². The van der Waals surface area contributed by atoms with Crippen LogP contribution < -0.4 is 4.72 Å². The van der Waals surface area contributed by atoms with Gasteiger partial charge in [-0.15, -0.1) is 0 Å². The van der Waals surface area contributed by atoms with Gasteiger partial charge in [0, 0.05) is 19.5 Å². The van der Waals surface area contributed by atoms with Crippen LogP contribution in [0.1, 0.15) is 31.2 Å². The molecule has 0 aliphatic carbocycles. The smallest absolute Gasteiger partial charge is 0.303 e. The Morgan fingerprint density at radius 1 is 1.42 bits per heavy atom. The third-order valence-corrected chi connectivity index (χ3v) is 4.46. The van der Waals surface area contributed by atoms with Crippen LogP contribution in [0, 0.1) is 13.8 Å². The molecule has 1 rings (SSSR count). The first-order valence-electron chi connectivity index (χ1n) is 6.05. The zero-order chi connectivity index (χ0) is 14.6. The molecule has 7 nitrogen and oxygen atoms in total. The van der Waals surface area contributed by atoms with E-state index in [-0.39, 0.29) is 24.3 Å². The summed E-state index contributed by atoms with van der Waals surface area (Å²) in [6.07, 6.45) is 0.198. The van der Waals surface area contributed by atoms with Crippen molar-refractivity contribution in [1.29, 1.82) is 0 Å². The number of sulfonamides is 1. The molecule has 0 aliphatic heterocycles. The summed E-state index contributed by atoms with van der Waals surface area (Å²) in [6, 6.07) is 0. The van der Waals surface area contributed by atoms with Crippen molar-refractivity contribution >= 4 is 16.0 Å².